The molecule has 2 heterocycles. The molecule has 2 rings (SSSR count). The molecule has 2 aromatic heterocycles. The third-order valence-corrected chi connectivity index (χ3v) is 2.53. The molecule has 84 valence electrons. The summed E-state index contributed by atoms with van der Waals surface area (Å²) in [6, 6.07) is 3.48. The topological polar surface area (TPSA) is 73.3 Å². The van der Waals surface area contributed by atoms with Crippen LogP contribution in [0.5, 0.6) is 0 Å². The van der Waals surface area contributed by atoms with E-state index in [-0.39, 0.29) is 0 Å². The van der Waals surface area contributed by atoms with E-state index in [1.54, 1.807) is 6.07 Å². The van der Waals surface area contributed by atoms with Gasteiger partial charge in [-0.25, -0.2) is 0 Å². The predicted octanol–water partition coefficient (Wildman–Crippen LogP) is 1.09. The highest BCUT2D eigenvalue weighted by molar-refractivity contribution is 5.93. The highest BCUT2D eigenvalue weighted by atomic mass is 16.1. The van der Waals surface area contributed by atoms with Crippen molar-refractivity contribution in [3.05, 3.63) is 29.2 Å². The summed E-state index contributed by atoms with van der Waals surface area (Å²) in [6.45, 7) is 3.98. The molecule has 2 N–H and O–H groups in total. The second kappa shape index (κ2) is 3.92. The summed E-state index contributed by atoms with van der Waals surface area (Å²) in [7, 11) is 0. The third kappa shape index (κ3) is 1.64. The molecule has 5 nitrogen and oxygen atoms in total. The number of aromatic nitrogens is 3. The fourth-order valence-electron chi connectivity index (χ4n) is 1.83. The minimum absolute atomic E-state index is 0.430. The van der Waals surface area contributed by atoms with Gasteiger partial charge in [0.15, 0.2) is 5.65 Å². The molecule has 2 aromatic rings. The van der Waals surface area contributed by atoms with E-state index >= 15 is 0 Å². The molecule has 0 bridgehead atoms. The average Bonchev–Trinajstić information content (AvgIpc) is 2.61. The maximum absolute atomic E-state index is 11.2. The van der Waals surface area contributed by atoms with Crippen LogP contribution >= 0.6 is 0 Å². The van der Waals surface area contributed by atoms with Crippen molar-refractivity contribution in [3.8, 4) is 0 Å². The Morgan fingerprint density at radius 1 is 1.44 bits per heavy atom. The molecule has 0 spiro atoms. The van der Waals surface area contributed by atoms with Crippen LogP contribution in [0.25, 0.3) is 5.65 Å². The predicted molar refractivity (Wildman–Crippen MR) is 60.2 cm³/mol. The van der Waals surface area contributed by atoms with Gasteiger partial charge in [-0.3, -0.25) is 9.20 Å². The van der Waals surface area contributed by atoms with Crippen molar-refractivity contribution in [1.29, 1.82) is 0 Å². The van der Waals surface area contributed by atoms with Crippen LogP contribution in [-0.2, 0) is 6.42 Å². The van der Waals surface area contributed by atoms with E-state index in [1.807, 2.05) is 17.4 Å². The molecule has 0 aliphatic heterocycles. The largest absolute Gasteiger partial charge is 0.366 e. The molecule has 0 aromatic carbocycles. The average molecular weight is 218 g/mol. The number of fused-ring (bicyclic) bond motifs is 1. The van der Waals surface area contributed by atoms with Crippen LogP contribution in [0.1, 0.15) is 35.2 Å². The molecule has 0 radical (unpaired) electrons. The minimum atomic E-state index is -0.430. The number of pyridine rings is 1. The lowest BCUT2D eigenvalue weighted by Crippen LogP contribution is -2.13. The van der Waals surface area contributed by atoms with Gasteiger partial charge in [0, 0.05) is 11.3 Å². The van der Waals surface area contributed by atoms with E-state index in [0.717, 1.165) is 24.4 Å². The lowest BCUT2D eigenvalue weighted by Gasteiger charge is -2.06. The maximum atomic E-state index is 11.2. The van der Waals surface area contributed by atoms with Crippen molar-refractivity contribution in [1.82, 2.24) is 14.6 Å². The molecular formula is C11H14N4O. The van der Waals surface area contributed by atoms with Crippen molar-refractivity contribution in [2.75, 3.05) is 0 Å². The Bertz CT molecular complexity index is 544. The summed E-state index contributed by atoms with van der Waals surface area (Å²) >= 11 is 0. The van der Waals surface area contributed by atoms with E-state index in [4.69, 9.17) is 5.73 Å². The summed E-state index contributed by atoms with van der Waals surface area (Å²) in [5, 5.41) is 8.01. The van der Waals surface area contributed by atoms with Crippen LogP contribution in [0.3, 0.4) is 0 Å². The zero-order chi connectivity index (χ0) is 11.7. The number of carbonyl (C=O) groups excluding carboxylic acids is 1. The molecule has 0 saturated heterocycles. The van der Waals surface area contributed by atoms with Crippen molar-refractivity contribution < 1.29 is 4.79 Å². The smallest absolute Gasteiger partial charge is 0.248 e. The normalized spacial score (nSPS) is 10.9. The quantitative estimate of drug-likeness (QED) is 0.838. The molecule has 0 unspecified atom stereocenters. The van der Waals surface area contributed by atoms with Gasteiger partial charge in [0.05, 0.1) is 0 Å². The molecular weight excluding hydrogens is 204 g/mol. The van der Waals surface area contributed by atoms with E-state index in [2.05, 4.69) is 17.1 Å². The molecule has 0 aliphatic rings. The highest BCUT2D eigenvalue weighted by Crippen LogP contribution is 2.13. The van der Waals surface area contributed by atoms with E-state index in [0.29, 0.717) is 11.2 Å². The number of primary amides is 1. The molecule has 5 heteroatoms. The van der Waals surface area contributed by atoms with E-state index < -0.39 is 5.91 Å². The van der Waals surface area contributed by atoms with Crippen molar-refractivity contribution >= 4 is 11.6 Å². The summed E-state index contributed by atoms with van der Waals surface area (Å²) in [5.41, 5.74) is 7.47. The second-order valence-electron chi connectivity index (χ2n) is 3.79. The number of carbonyl (C=O) groups is 1. The van der Waals surface area contributed by atoms with Gasteiger partial charge in [-0.1, -0.05) is 13.3 Å². The number of aryl methyl sites for hydroxylation is 2. The SMILES string of the molecule is CCCc1cc(C(N)=O)cc2nnc(C)n12. The zero-order valence-electron chi connectivity index (χ0n) is 9.40. The van der Waals surface area contributed by atoms with Crippen molar-refractivity contribution in [3.63, 3.8) is 0 Å². The number of nitrogens with two attached hydrogens (primary N) is 1. The molecule has 16 heavy (non-hydrogen) atoms. The fourth-order valence-corrected chi connectivity index (χ4v) is 1.83. The molecule has 0 fully saturated rings. The first-order chi connectivity index (χ1) is 7.63. The number of rotatable bonds is 3. The van der Waals surface area contributed by atoms with Gasteiger partial charge in [-0.05, 0) is 25.5 Å². The second-order valence-corrected chi connectivity index (χ2v) is 3.79. The van der Waals surface area contributed by atoms with Gasteiger partial charge in [-0.2, -0.15) is 0 Å². The Kier molecular flexibility index (Phi) is 2.60. The zero-order valence-corrected chi connectivity index (χ0v) is 9.40. The first-order valence-electron chi connectivity index (χ1n) is 5.28. The monoisotopic (exact) mass is 218 g/mol. The lowest BCUT2D eigenvalue weighted by molar-refractivity contribution is 0.1000. The van der Waals surface area contributed by atoms with Crippen LogP contribution in [0.2, 0.25) is 0 Å². The lowest BCUT2D eigenvalue weighted by atomic mass is 10.1. The standard InChI is InChI=1S/C11H14N4O/c1-3-4-9-5-8(11(12)16)6-10-14-13-7(2)15(9)10/h5-6H,3-4H2,1-2H3,(H2,12,16). The van der Waals surface area contributed by atoms with Crippen LogP contribution in [0, 0.1) is 6.92 Å². The first-order valence-corrected chi connectivity index (χ1v) is 5.28. The summed E-state index contributed by atoms with van der Waals surface area (Å²) < 4.78 is 1.95. The molecule has 0 aliphatic carbocycles. The van der Waals surface area contributed by atoms with Crippen LogP contribution in [0.4, 0.5) is 0 Å². The highest BCUT2D eigenvalue weighted by Gasteiger charge is 2.10. The minimum Gasteiger partial charge on any atom is -0.366 e. The Balaban J connectivity index is 2.70. The third-order valence-electron chi connectivity index (χ3n) is 2.53. The number of hydrogen-bond donors (Lipinski definition) is 1. The summed E-state index contributed by atoms with van der Waals surface area (Å²) in [5.74, 6) is 0.398. The van der Waals surface area contributed by atoms with Crippen LogP contribution in [-0.4, -0.2) is 20.5 Å². The maximum Gasteiger partial charge on any atom is 0.248 e. The van der Waals surface area contributed by atoms with Gasteiger partial charge in [0.2, 0.25) is 5.91 Å². The van der Waals surface area contributed by atoms with Crippen molar-refractivity contribution in [2.24, 2.45) is 5.73 Å². The summed E-state index contributed by atoms with van der Waals surface area (Å²) in [6.07, 6.45) is 1.87. The number of nitrogens with zero attached hydrogens (tertiary/aromatic N) is 3. The fraction of sp³-hybridized carbons (Fsp3) is 0.364. The number of amides is 1. The van der Waals surface area contributed by atoms with Gasteiger partial charge in [0.1, 0.15) is 5.82 Å². The Labute approximate surface area is 93.3 Å². The van der Waals surface area contributed by atoms with Crippen molar-refractivity contribution in [2.45, 2.75) is 26.7 Å². The van der Waals surface area contributed by atoms with Crippen LogP contribution in [0.15, 0.2) is 12.1 Å². The molecule has 1 amide bonds. The first kappa shape index (κ1) is 10.6. The Morgan fingerprint density at radius 3 is 2.81 bits per heavy atom. The Hall–Kier alpha value is -1.91. The van der Waals surface area contributed by atoms with Gasteiger partial charge in [0.25, 0.3) is 0 Å². The van der Waals surface area contributed by atoms with Gasteiger partial charge >= 0.3 is 0 Å². The van der Waals surface area contributed by atoms with Gasteiger partial charge in [-0.15, -0.1) is 10.2 Å². The van der Waals surface area contributed by atoms with Gasteiger partial charge < -0.3 is 5.73 Å². The molecule has 0 atom stereocenters. The Morgan fingerprint density at radius 2 is 2.19 bits per heavy atom. The number of hydrogen-bond acceptors (Lipinski definition) is 3. The van der Waals surface area contributed by atoms with Crippen LogP contribution < -0.4 is 5.73 Å². The summed E-state index contributed by atoms with van der Waals surface area (Å²) in [4.78, 5) is 11.2. The molecule has 0 saturated carbocycles. The van der Waals surface area contributed by atoms with E-state index in [1.165, 1.54) is 0 Å². The van der Waals surface area contributed by atoms with E-state index in [9.17, 15) is 4.79 Å².